The van der Waals surface area contributed by atoms with Gasteiger partial charge in [0.05, 0.1) is 11.1 Å². The highest BCUT2D eigenvalue weighted by atomic mass is 16.2. The van der Waals surface area contributed by atoms with Crippen LogP contribution < -0.4 is 11.1 Å². The summed E-state index contributed by atoms with van der Waals surface area (Å²) in [5, 5.41) is 3.51. The van der Waals surface area contributed by atoms with E-state index in [0.717, 1.165) is 16.5 Å². The van der Waals surface area contributed by atoms with Gasteiger partial charge in [0.1, 0.15) is 6.04 Å². The number of carbonyl (C=O) groups is 2. The van der Waals surface area contributed by atoms with E-state index in [2.05, 4.69) is 31.1 Å². The molecule has 0 fully saturated rings. The van der Waals surface area contributed by atoms with E-state index in [0.29, 0.717) is 12.0 Å². The van der Waals surface area contributed by atoms with Crippen molar-refractivity contribution in [3.8, 4) is 0 Å². The highest BCUT2D eigenvalue weighted by Crippen LogP contribution is 2.22. The first-order valence-corrected chi connectivity index (χ1v) is 9.29. The molecule has 0 radical (unpaired) electrons. The van der Waals surface area contributed by atoms with Gasteiger partial charge in [0.25, 0.3) is 5.91 Å². The molecule has 3 N–H and O–H groups in total. The molecule has 3 aromatic rings. The number of nitrogens with two attached hydrogens (primary N) is 1. The van der Waals surface area contributed by atoms with Crippen LogP contribution in [0, 0.1) is 0 Å². The number of fused-ring (bicyclic) bond motifs is 1. The van der Waals surface area contributed by atoms with E-state index in [-0.39, 0.29) is 11.3 Å². The van der Waals surface area contributed by atoms with Gasteiger partial charge in [-0.3, -0.25) is 14.6 Å². The van der Waals surface area contributed by atoms with Gasteiger partial charge in [-0.05, 0) is 28.7 Å². The van der Waals surface area contributed by atoms with Gasteiger partial charge >= 0.3 is 0 Å². The molecule has 3 rings (SSSR count). The smallest absolute Gasteiger partial charge is 0.252 e. The second-order valence-electron chi connectivity index (χ2n) is 7.96. The lowest BCUT2D eigenvalue weighted by Gasteiger charge is -2.20. The van der Waals surface area contributed by atoms with Gasteiger partial charge in [0.15, 0.2) is 0 Å². The van der Waals surface area contributed by atoms with E-state index in [4.69, 9.17) is 5.73 Å². The van der Waals surface area contributed by atoms with Crippen molar-refractivity contribution in [3.63, 3.8) is 0 Å². The lowest BCUT2D eigenvalue weighted by molar-refractivity contribution is -0.119. The van der Waals surface area contributed by atoms with E-state index >= 15 is 0 Å². The minimum absolute atomic E-state index is 0.0538. The maximum Gasteiger partial charge on any atom is 0.252 e. The van der Waals surface area contributed by atoms with E-state index in [1.54, 1.807) is 12.3 Å². The lowest BCUT2D eigenvalue weighted by atomic mass is 9.86. The largest absolute Gasteiger partial charge is 0.368 e. The Morgan fingerprint density at radius 2 is 1.71 bits per heavy atom. The number of nitrogens with one attached hydrogen (secondary N) is 1. The summed E-state index contributed by atoms with van der Waals surface area (Å²) in [5.74, 6) is -0.902. The Morgan fingerprint density at radius 1 is 1.04 bits per heavy atom. The van der Waals surface area contributed by atoms with E-state index < -0.39 is 11.9 Å². The summed E-state index contributed by atoms with van der Waals surface area (Å²) >= 11 is 0. The molecule has 0 unspecified atom stereocenters. The molecular weight excluding hydrogens is 350 g/mol. The minimum atomic E-state index is -0.792. The Kier molecular flexibility index (Phi) is 5.45. The van der Waals surface area contributed by atoms with Crippen molar-refractivity contribution in [3.05, 3.63) is 77.5 Å². The van der Waals surface area contributed by atoms with Crippen molar-refractivity contribution in [2.24, 2.45) is 5.73 Å². The average Bonchev–Trinajstić information content (AvgIpc) is 2.66. The number of rotatable bonds is 5. The average molecular weight is 375 g/mol. The van der Waals surface area contributed by atoms with E-state index in [9.17, 15) is 9.59 Å². The fraction of sp³-hybridized carbons (Fsp3) is 0.261. The van der Waals surface area contributed by atoms with Crippen LogP contribution in [0.5, 0.6) is 0 Å². The lowest BCUT2D eigenvalue weighted by Crippen LogP contribution is -2.45. The summed E-state index contributed by atoms with van der Waals surface area (Å²) < 4.78 is 0. The standard InChI is InChI=1S/C23H25N3O2/c1-23(2,3)16-10-8-15(9-11-16)14-20(21(24)27)26-22(28)18-12-13-25-19-7-5-4-6-17(18)19/h4-13,20H,14H2,1-3H3,(H2,24,27)(H,26,28)/t20-/m1/s1. The number of para-hydroxylation sites is 1. The molecule has 1 atom stereocenters. The third-order valence-corrected chi connectivity index (χ3v) is 4.80. The van der Waals surface area contributed by atoms with Crippen molar-refractivity contribution < 1.29 is 9.59 Å². The molecule has 1 aromatic heterocycles. The van der Waals surface area contributed by atoms with Gasteiger partial charge in [-0.15, -0.1) is 0 Å². The Morgan fingerprint density at radius 3 is 2.36 bits per heavy atom. The topological polar surface area (TPSA) is 85.1 Å². The number of carbonyl (C=O) groups excluding carboxylic acids is 2. The molecule has 0 aliphatic carbocycles. The molecule has 2 amide bonds. The maximum atomic E-state index is 12.8. The van der Waals surface area contributed by atoms with Gasteiger partial charge in [-0.25, -0.2) is 0 Å². The van der Waals surface area contributed by atoms with Crippen LogP contribution in [0.2, 0.25) is 0 Å². The summed E-state index contributed by atoms with van der Waals surface area (Å²) in [6.07, 6.45) is 1.93. The van der Waals surface area contributed by atoms with Crippen molar-refractivity contribution >= 4 is 22.7 Å². The van der Waals surface area contributed by atoms with Crippen molar-refractivity contribution in [2.45, 2.75) is 38.6 Å². The zero-order valence-corrected chi connectivity index (χ0v) is 16.4. The second kappa shape index (κ2) is 7.80. The summed E-state index contributed by atoms with van der Waals surface area (Å²) in [6, 6.07) is 16.3. The molecule has 0 saturated heterocycles. The summed E-state index contributed by atoms with van der Waals surface area (Å²) in [7, 11) is 0. The van der Waals surface area contributed by atoms with Crippen LogP contribution in [0.15, 0.2) is 60.8 Å². The van der Waals surface area contributed by atoms with Crippen LogP contribution in [-0.4, -0.2) is 22.8 Å². The molecule has 28 heavy (non-hydrogen) atoms. The zero-order chi connectivity index (χ0) is 20.3. The third-order valence-electron chi connectivity index (χ3n) is 4.80. The molecule has 5 nitrogen and oxygen atoms in total. The molecule has 0 aliphatic rings. The van der Waals surface area contributed by atoms with Crippen LogP contribution in [0.3, 0.4) is 0 Å². The van der Waals surface area contributed by atoms with E-state index in [1.807, 2.05) is 48.5 Å². The SMILES string of the molecule is CC(C)(C)c1ccc(C[C@@H](NC(=O)c2ccnc3ccccc23)C(N)=O)cc1. The predicted molar refractivity (Wildman–Crippen MR) is 111 cm³/mol. The van der Waals surface area contributed by atoms with Gasteiger partial charge < -0.3 is 11.1 Å². The molecule has 0 aliphatic heterocycles. The molecule has 0 bridgehead atoms. The van der Waals surface area contributed by atoms with Crippen LogP contribution in [-0.2, 0) is 16.6 Å². The Labute approximate surface area is 165 Å². The number of hydrogen-bond acceptors (Lipinski definition) is 3. The monoisotopic (exact) mass is 375 g/mol. The molecule has 1 heterocycles. The van der Waals surface area contributed by atoms with Gasteiger partial charge in [-0.2, -0.15) is 0 Å². The first-order chi connectivity index (χ1) is 13.3. The fourth-order valence-electron chi connectivity index (χ4n) is 3.13. The quantitative estimate of drug-likeness (QED) is 0.717. The number of hydrogen-bond donors (Lipinski definition) is 2. The summed E-state index contributed by atoms with van der Waals surface area (Å²) in [6.45, 7) is 6.44. The number of benzene rings is 2. The third kappa shape index (κ3) is 4.36. The van der Waals surface area contributed by atoms with Crippen molar-refractivity contribution in [1.29, 1.82) is 0 Å². The predicted octanol–water partition coefficient (Wildman–Crippen LogP) is 3.36. The fourth-order valence-corrected chi connectivity index (χ4v) is 3.13. The Balaban J connectivity index is 1.79. The normalized spacial score (nSPS) is 12.5. The van der Waals surface area contributed by atoms with Crippen LogP contribution >= 0.6 is 0 Å². The maximum absolute atomic E-state index is 12.8. The first-order valence-electron chi connectivity index (χ1n) is 9.29. The molecule has 5 heteroatoms. The summed E-state index contributed by atoms with van der Waals surface area (Å²) in [4.78, 5) is 29.0. The van der Waals surface area contributed by atoms with Crippen LogP contribution in [0.25, 0.3) is 10.9 Å². The van der Waals surface area contributed by atoms with Gasteiger partial charge in [-0.1, -0.05) is 63.2 Å². The number of amides is 2. The van der Waals surface area contributed by atoms with Crippen molar-refractivity contribution in [1.82, 2.24) is 10.3 Å². The Hall–Kier alpha value is -3.21. The van der Waals surface area contributed by atoms with Crippen molar-refractivity contribution in [2.75, 3.05) is 0 Å². The number of primary amides is 1. The molecular formula is C23H25N3O2. The molecule has 0 saturated carbocycles. The zero-order valence-electron chi connectivity index (χ0n) is 16.4. The van der Waals surface area contributed by atoms with Gasteiger partial charge in [0, 0.05) is 18.0 Å². The van der Waals surface area contributed by atoms with E-state index in [1.165, 1.54) is 5.56 Å². The summed E-state index contributed by atoms with van der Waals surface area (Å²) in [5.41, 5.74) is 8.96. The molecule has 144 valence electrons. The number of nitrogens with zero attached hydrogens (tertiary/aromatic N) is 1. The molecule has 2 aromatic carbocycles. The highest BCUT2D eigenvalue weighted by molar-refractivity contribution is 6.07. The van der Waals surface area contributed by atoms with Crippen LogP contribution in [0.4, 0.5) is 0 Å². The molecule has 0 spiro atoms. The van der Waals surface area contributed by atoms with Gasteiger partial charge in [0.2, 0.25) is 5.91 Å². The minimum Gasteiger partial charge on any atom is -0.368 e. The number of pyridine rings is 1. The highest BCUT2D eigenvalue weighted by Gasteiger charge is 2.21. The first kappa shape index (κ1) is 19.5. The Bertz CT molecular complexity index is 999. The number of aromatic nitrogens is 1. The van der Waals surface area contributed by atoms with Crippen LogP contribution in [0.1, 0.15) is 42.3 Å². The second-order valence-corrected chi connectivity index (χ2v) is 7.96.